The van der Waals surface area contributed by atoms with Crippen LogP contribution in [0.2, 0.25) is 0 Å². The predicted octanol–water partition coefficient (Wildman–Crippen LogP) is 12.0. The van der Waals surface area contributed by atoms with Crippen molar-refractivity contribution in [1.82, 2.24) is 0 Å². The van der Waals surface area contributed by atoms with E-state index in [0.717, 1.165) is 24.0 Å². The van der Waals surface area contributed by atoms with E-state index in [-0.39, 0.29) is 5.78 Å². The van der Waals surface area contributed by atoms with E-state index in [1.54, 1.807) is 0 Å². The van der Waals surface area contributed by atoms with Gasteiger partial charge in [0.05, 0.1) is 0 Å². The molecule has 0 saturated heterocycles. The molecule has 0 spiro atoms. The zero-order valence-corrected chi connectivity index (χ0v) is 25.2. The highest BCUT2D eigenvalue weighted by atomic mass is 16.1. The molecule has 0 unspecified atom stereocenters. The molecule has 0 atom stereocenters. The molecule has 1 aliphatic carbocycles. The van der Waals surface area contributed by atoms with Gasteiger partial charge in [-0.05, 0) is 53.6 Å². The van der Waals surface area contributed by atoms with Crippen LogP contribution in [0.3, 0.4) is 0 Å². The maximum Gasteiger partial charge on any atom is 0.193 e. The Balaban J connectivity index is 1.50. The second-order valence-electron chi connectivity index (χ2n) is 12.4. The van der Waals surface area contributed by atoms with Gasteiger partial charge >= 0.3 is 0 Å². The molecule has 1 heteroatoms. The normalized spacial score (nSPS) is 18.4. The maximum atomic E-state index is 13.9. The van der Waals surface area contributed by atoms with Crippen LogP contribution in [-0.2, 0) is 12.8 Å². The van der Waals surface area contributed by atoms with Gasteiger partial charge in [0.25, 0.3) is 0 Å². The fourth-order valence-corrected chi connectivity index (χ4v) is 6.77. The summed E-state index contributed by atoms with van der Waals surface area (Å²) in [6.45, 7) is 0. The Hall–Kier alpha value is -2.41. The summed E-state index contributed by atoms with van der Waals surface area (Å²) in [6, 6.07) is 20.9. The molecule has 0 fully saturated rings. The van der Waals surface area contributed by atoms with Gasteiger partial charge < -0.3 is 0 Å². The van der Waals surface area contributed by atoms with Crippen LogP contribution in [0, 0.1) is 0 Å². The molecule has 0 bridgehead atoms. The van der Waals surface area contributed by atoms with E-state index in [9.17, 15) is 4.79 Å². The smallest absolute Gasteiger partial charge is 0.193 e. The van der Waals surface area contributed by atoms with Crippen LogP contribution in [0.5, 0.6) is 0 Å². The molecule has 1 aliphatic rings. The highest BCUT2D eigenvalue weighted by Gasteiger charge is 2.19. The van der Waals surface area contributed by atoms with Crippen LogP contribution in [0.4, 0.5) is 0 Å². The van der Waals surface area contributed by atoms with Gasteiger partial charge in [-0.25, -0.2) is 0 Å². The topological polar surface area (TPSA) is 17.1 Å². The molecule has 0 N–H and O–H groups in total. The SMILES string of the molecule is O=C(c1ccccc1)c1cc2ccccc2c2c1CCCCCCCCCCCCCCCCCCCCCC2. The third-order valence-electron chi connectivity index (χ3n) is 9.16. The molecular weight excluding hydrogens is 484 g/mol. The first-order valence-electron chi connectivity index (χ1n) is 17.0. The van der Waals surface area contributed by atoms with Crippen LogP contribution in [-0.4, -0.2) is 5.78 Å². The van der Waals surface area contributed by atoms with E-state index in [4.69, 9.17) is 0 Å². The van der Waals surface area contributed by atoms with E-state index in [2.05, 4.69) is 30.3 Å². The lowest BCUT2D eigenvalue weighted by molar-refractivity contribution is 0.103. The molecule has 0 aromatic heterocycles. The van der Waals surface area contributed by atoms with Crippen LogP contribution >= 0.6 is 0 Å². The standard InChI is InChI=1S/C39H54O/c40-39(33-26-20-19-21-27-33)38-32-34-28-24-25-29-35(34)36-30-22-17-15-13-11-9-7-5-3-1-2-4-6-8-10-12-14-16-18-23-31-37(36)38/h19-21,24-29,32H,1-18,22-23,30-31H2. The molecule has 0 aliphatic heterocycles. The van der Waals surface area contributed by atoms with Crippen molar-refractivity contribution in [2.45, 2.75) is 141 Å². The lowest BCUT2D eigenvalue weighted by Gasteiger charge is -2.18. The molecule has 0 saturated carbocycles. The summed E-state index contributed by atoms with van der Waals surface area (Å²) in [5.41, 5.74) is 4.54. The summed E-state index contributed by atoms with van der Waals surface area (Å²) >= 11 is 0. The Morgan fingerprint density at radius 2 is 0.825 bits per heavy atom. The van der Waals surface area contributed by atoms with Crippen molar-refractivity contribution >= 4 is 16.6 Å². The van der Waals surface area contributed by atoms with Crippen LogP contribution in [0.25, 0.3) is 10.8 Å². The molecule has 0 radical (unpaired) electrons. The molecule has 40 heavy (non-hydrogen) atoms. The van der Waals surface area contributed by atoms with Gasteiger partial charge in [0.15, 0.2) is 5.78 Å². The van der Waals surface area contributed by atoms with Gasteiger partial charge in [0, 0.05) is 11.1 Å². The van der Waals surface area contributed by atoms with Gasteiger partial charge in [0.2, 0.25) is 0 Å². The minimum Gasteiger partial charge on any atom is -0.289 e. The minimum absolute atomic E-state index is 0.191. The van der Waals surface area contributed by atoms with Crippen LogP contribution in [0.15, 0.2) is 60.7 Å². The van der Waals surface area contributed by atoms with Crippen molar-refractivity contribution in [3.05, 3.63) is 82.9 Å². The average molecular weight is 539 g/mol. The van der Waals surface area contributed by atoms with Gasteiger partial charge in [-0.2, -0.15) is 0 Å². The van der Waals surface area contributed by atoms with E-state index in [1.807, 2.05) is 30.3 Å². The zero-order chi connectivity index (χ0) is 27.7. The molecule has 1 nitrogen and oxygen atoms in total. The van der Waals surface area contributed by atoms with Crippen molar-refractivity contribution in [2.24, 2.45) is 0 Å². The number of rotatable bonds is 2. The first kappa shape index (κ1) is 30.5. The zero-order valence-electron chi connectivity index (χ0n) is 25.2. The van der Waals surface area contributed by atoms with Crippen molar-refractivity contribution in [3.63, 3.8) is 0 Å². The summed E-state index contributed by atoms with van der Waals surface area (Å²) in [7, 11) is 0. The summed E-state index contributed by atoms with van der Waals surface area (Å²) in [5, 5.41) is 2.58. The average Bonchev–Trinajstić information content (AvgIpc) is 2.99. The summed E-state index contributed by atoms with van der Waals surface area (Å²) in [5.74, 6) is 0.191. The molecule has 3 aromatic rings. The third-order valence-corrected chi connectivity index (χ3v) is 9.16. The maximum absolute atomic E-state index is 13.9. The second-order valence-corrected chi connectivity index (χ2v) is 12.4. The number of benzene rings is 3. The molecular formula is C39H54O. The van der Waals surface area contributed by atoms with Crippen LogP contribution < -0.4 is 0 Å². The number of carbonyl (C=O) groups is 1. The second kappa shape index (κ2) is 18.1. The highest BCUT2D eigenvalue weighted by Crippen LogP contribution is 2.31. The van der Waals surface area contributed by atoms with E-state index >= 15 is 0 Å². The van der Waals surface area contributed by atoms with Crippen LogP contribution in [0.1, 0.15) is 155 Å². The Bertz CT molecular complexity index is 1130. The van der Waals surface area contributed by atoms with E-state index < -0.39 is 0 Å². The molecule has 0 heterocycles. The predicted molar refractivity (Wildman–Crippen MR) is 174 cm³/mol. The number of hydrogen-bond acceptors (Lipinski definition) is 1. The molecule has 3 aromatic carbocycles. The molecule has 0 amide bonds. The number of carbonyl (C=O) groups excluding carboxylic acids is 1. The Morgan fingerprint density at radius 1 is 0.425 bits per heavy atom. The summed E-state index contributed by atoms with van der Waals surface area (Å²) < 4.78 is 0. The van der Waals surface area contributed by atoms with Crippen molar-refractivity contribution in [1.29, 1.82) is 0 Å². The van der Waals surface area contributed by atoms with E-state index in [1.165, 1.54) is 150 Å². The van der Waals surface area contributed by atoms with Crippen molar-refractivity contribution in [2.75, 3.05) is 0 Å². The number of hydrogen-bond donors (Lipinski definition) is 0. The fraction of sp³-hybridized carbons (Fsp3) is 0.564. The minimum atomic E-state index is 0.191. The fourth-order valence-electron chi connectivity index (χ4n) is 6.77. The summed E-state index contributed by atoms with van der Waals surface area (Å²) in [6.07, 6.45) is 29.6. The Morgan fingerprint density at radius 3 is 1.32 bits per heavy atom. The first-order valence-corrected chi connectivity index (χ1v) is 17.0. The van der Waals surface area contributed by atoms with Crippen molar-refractivity contribution in [3.8, 4) is 0 Å². The third kappa shape index (κ3) is 9.90. The van der Waals surface area contributed by atoms with Gasteiger partial charge in [0.1, 0.15) is 0 Å². The highest BCUT2D eigenvalue weighted by molar-refractivity contribution is 6.12. The van der Waals surface area contributed by atoms with Crippen molar-refractivity contribution < 1.29 is 4.79 Å². The molecule has 216 valence electrons. The first-order chi connectivity index (χ1) is 19.8. The van der Waals surface area contributed by atoms with Gasteiger partial charge in [-0.15, -0.1) is 0 Å². The van der Waals surface area contributed by atoms with Gasteiger partial charge in [-0.3, -0.25) is 4.79 Å². The lowest BCUT2D eigenvalue weighted by Crippen LogP contribution is -2.10. The number of fused-ring (bicyclic) bond motifs is 3. The molecule has 4 rings (SSSR count). The number of aryl methyl sites for hydroxylation is 1. The van der Waals surface area contributed by atoms with Gasteiger partial charge in [-0.1, -0.05) is 170 Å². The lowest BCUT2D eigenvalue weighted by atomic mass is 9.85. The Kier molecular flexibility index (Phi) is 13.8. The Labute approximate surface area is 245 Å². The summed E-state index contributed by atoms with van der Waals surface area (Å²) in [4.78, 5) is 13.9. The quantitative estimate of drug-likeness (QED) is 0.296. The van der Waals surface area contributed by atoms with E-state index in [0.29, 0.717) is 0 Å². The monoisotopic (exact) mass is 538 g/mol. The number of ketones is 1. The largest absolute Gasteiger partial charge is 0.289 e.